The van der Waals surface area contributed by atoms with Crippen molar-refractivity contribution in [1.82, 2.24) is 5.32 Å². The fourth-order valence-corrected chi connectivity index (χ4v) is 3.39. The van der Waals surface area contributed by atoms with Crippen molar-refractivity contribution in [3.8, 4) is 11.5 Å². The van der Waals surface area contributed by atoms with E-state index in [0.29, 0.717) is 24.5 Å². The average molecular weight is 405 g/mol. The molecule has 2 rings (SSSR count). The van der Waals surface area contributed by atoms with Crippen LogP contribution >= 0.6 is 11.8 Å². The molecule has 0 aromatic heterocycles. The Bertz CT molecular complexity index is 807. The van der Waals surface area contributed by atoms with Crippen LogP contribution in [-0.2, 0) is 16.0 Å². The van der Waals surface area contributed by atoms with Gasteiger partial charge in [-0.25, -0.2) is 0 Å². The molecule has 1 saturated heterocycles. The number of amidine groups is 1. The van der Waals surface area contributed by atoms with E-state index >= 15 is 0 Å². The molecule has 1 fully saturated rings. The Kier molecular flexibility index (Phi) is 8.06. The van der Waals surface area contributed by atoms with Crippen LogP contribution in [-0.4, -0.2) is 47.3 Å². The van der Waals surface area contributed by atoms with Gasteiger partial charge in [-0.05, 0) is 30.5 Å². The van der Waals surface area contributed by atoms with Gasteiger partial charge in [-0.2, -0.15) is 5.10 Å². The summed E-state index contributed by atoms with van der Waals surface area (Å²) in [5.41, 5.74) is 1.67. The number of rotatable bonds is 10. The molecule has 1 atom stereocenters. The molecule has 1 amide bonds. The fourth-order valence-electron chi connectivity index (χ4n) is 2.48. The second-order valence-corrected chi connectivity index (χ2v) is 7.09. The molecule has 9 heteroatoms. The number of carbonyl (C=O) groups excluding carboxylic acids is 1. The topological polar surface area (TPSA) is 110 Å². The van der Waals surface area contributed by atoms with Crippen molar-refractivity contribution in [3.63, 3.8) is 0 Å². The standard InChI is InChI=1S/C19H23N3O5S/c1-4-6-13-8-12(9-14(26-3)17(13)27-7-5-2)11-20-22-19-21-18(25)15(28-19)10-16(23)24/h4,8-9,11,15H,1,5-7,10H2,2-3H3,(H,23,24)(H,21,22,25). The minimum Gasteiger partial charge on any atom is -0.493 e. The number of ether oxygens (including phenoxy) is 2. The van der Waals surface area contributed by atoms with Crippen molar-refractivity contribution in [2.45, 2.75) is 31.4 Å². The van der Waals surface area contributed by atoms with Crippen LogP contribution in [0.5, 0.6) is 11.5 Å². The van der Waals surface area contributed by atoms with Gasteiger partial charge in [0.2, 0.25) is 5.91 Å². The van der Waals surface area contributed by atoms with Gasteiger partial charge in [0, 0.05) is 5.56 Å². The zero-order valence-corrected chi connectivity index (χ0v) is 16.6. The van der Waals surface area contributed by atoms with Gasteiger partial charge in [-0.1, -0.05) is 24.8 Å². The summed E-state index contributed by atoms with van der Waals surface area (Å²) < 4.78 is 11.3. The number of hydrogen-bond donors (Lipinski definition) is 2. The van der Waals surface area contributed by atoms with E-state index in [1.807, 2.05) is 13.0 Å². The molecule has 1 aliphatic heterocycles. The predicted molar refractivity (Wildman–Crippen MR) is 109 cm³/mol. The number of nitrogens with one attached hydrogen (secondary N) is 1. The van der Waals surface area contributed by atoms with E-state index in [1.165, 1.54) is 6.21 Å². The largest absolute Gasteiger partial charge is 0.493 e. The minimum atomic E-state index is -1.04. The zero-order chi connectivity index (χ0) is 20.5. The highest BCUT2D eigenvalue weighted by Gasteiger charge is 2.32. The number of benzene rings is 1. The molecule has 28 heavy (non-hydrogen) atoms. The monoisotopic (exact) mass is 405 g/mol. The first-order chi connectivity index (χ1) is 13.5. The van der Waals surface area contributed by atoms with E-state index in [-0.39, 0.29) is 17.5 Å². The van der Waals surface area contributed by atoms with E-state index in [0.717, 1.165) is 29.3 Å². The molecule has 1 aliphatic rings. The summed E-state index contributed by atoms with van der Waals surface area (Å²) in [7, 11) is 1.57. The van der Waals surface area contributed by atoms with Crippen LogP contribution in [0.2, 0.25) is 0 Å². The predicted octanol–water partition coefficient (Wildman–Crippen LogP) is 2.61. The van der Waals surface area contributed by atoms with Crippen LogP contribution in [0.3, 0.4) is 0 Å². The van der Waals surface area contributed by atoms with E-state index in [9.17, 15) is 9.59 Å². The summed E-state index contributed by atoms with van der Waals surface area (Å²) >= 11 is 1.05. The first kappa shape index (κ1) is 21.5. The summed E-state index contributed by atoms with van der Waals surface area (Å²) in [6, 6.07) is 3.70. The van der Waals surface area contributed by atoms with Crippen molar-refractivity contribution in [2.24, 2.45) is 10.2 Å². The lowest BCUT2D eigenvalue weighted by atomic mass is 10.1. The van der Waals surface area contributed by atoms with Crippen molar-refractivity contribution in [3.05, 3.63) is 35.9 Å². The number of nitrogens with zero attached hydrogens (tertiary/aromatic N) is 2. The van der Waals surface area contributed by atoms with Gasteiger partial charge in [0.15, 0.2) is 16.7 Å². The Labute approximate surface area is 167 Å². The number of allylic oxidation sites excluding steroid dienone is 1. The van der Waals surface area contributed by atoms with Gasteiger partial charge in [0.1, 0.15) is 5.25 Å². The third kappa shape index (κ3) is 5.85. The van der Waals surface area contributed by atoms with Gasteiger partial charge in [-0.15, -0.1) is 11.7 Å². The fraction of sp³-hybridized carbons (Fsp3) is 0.368. The summed E-state index contributed by atoms with van der Waals surface area (Å²) in [5.74, 6) is -0.145. The molecule has 0 bridgehead atoms. The number of thioether (sulfide) groups is 1. The number of amides is 1. The van der Waals surface area contributed by atoms with Crippen molar-refractivity contribution in [1.29, 1.82) is 0 Å². The molecule has 2 N–H and O–H groups in total. The van der Waals surface area contributed by atoms with E-state index in [1.54, 1.807) is 19.3 Å². The van der Waals surface area contributed by atoms with E-state index in [4.69, 9.17) is 14.6 Å². The number of carbonyl (C=O) groups is 2. The zero-order valence-electron chi connectivity index (χ0n) is 15.8. The van der Waals surface area contributed by atoms with E-state index in [2.05, 4.69) is 22.1 Å². The van der Waals surface area contributed by atoms with Crippen molar-refractivity contribution >= 4 is 35.0 Å². The molecular formula is C19H23N3O5S. The van der Waals surface area contributed by atoms with Crippen molar-refractivity contribution in [2.75, 3.05) is 13.7 Å². The van der Waals surface area contributed by atoms with Crippen molar-refractivity contribution < 1.29 is 24.2 Å². The smallest absolute Gasteiger partial charge is 0.305 e. The van der Waals surface area contributed by atoms with Gasteiger partial charge in [0.25, 0.3) is 0 Å². The van der Waals surface area contributed by atoms with Crippen LogP contribution in [0.1, 0.15) is 30.9 Å². The SMILES string of the molecule is C=CCc1cc(C=NN=C2NC(=O)C(CC(=O)O)S2)cc(OC)c1OCCC. The Morgan fingerprint density at radius 3 is 2.89 bits per heavy atom. The first-order valence-electron chi connectivity index (χ1n) is 8.73. The van der Waals surface area contributed by atoms with E-state index < -0.39 is 11.2 Å². The number of methoxy groups -OCH3 is 1. The molecule has 150 valence electrons. The Balaban J connectivity index is 2.18. The lowest BCUT2D eigenvalue weighted by Gasteiger charge is -2.15. The summed E-state index contributed by atoms with van der Waals surface area (Å²) in [5, 5.41) is 18.9. The molecule has 0 spiro atoms. The highest BCUT2D eigenvalue weighted by Crippen LogP contribution is 2.33. The maximum atomic E-state index is 11.7. The van der Waals surface area contributed by atoms with Crippen LogP contribution in [0, 0.1) is 0 Å². The number of aliphatic carboxylic acids is 1. The van der Waals surface area contributed by atoms with Crippen LogP contribution in [0.25, 0.3) is 0 Å². The van der Waals surface area contributed by atoms with Crippen LogP contribution in [0.15, 0.2) is 35.0 Å². The first-order valence-corrected chi connectivity index (χ1v) is 9.61. The second kappa shape index (κ2) is 10.5. The van der Waals surface area contributed by atoms with Crippen LogP contribution < -0.4 is 14.8 Å². The normalized spacial score (nSPS) is 17.7. The Hall–Kier alpha value is -2.81. The lowest BCUT2D eigenvalue weighted by molar-refractivity contribution is -0.138. The minimum absolute atomic E-state index is 0.263. The van der Waals surface area contributed by atoms with Gasteiger partial charge in [-0.3, -0.25) is 9.59 Å². The van der Waals surface area contributed by atoms with Gasteiger partial charge < -0.3 is 19.9 Å². The molecule has 1 unspecified atom stereocenters. The molecule has 8 nitrogen and oxygen atoms in total. The number of hydrogen-bond acceptors (Lipinski definition) is 7. The maximum absolute atomic E-state index is 11.7. The molecular weight excluding hydrogens is 382 g/mol. The highest BCUT2D eigenvalue weighted by molar-refractivity contribution is 8.15. The maximum Gasteiger partial charge on any atom is 0.305 e. The summed E-state index contributed by atoms with van der Waals surface area (Å²) in [6.45, 7) is 6.38. The summed E-state index contributed by atoms with van der Waals surface area (Å²) in [6.07, 6.45) is 4.53. The third-order valence-electron chi connectivity index (χ3n) is 3.68. The Morgan fingerprint density at radius 1 is 1.46 bits per heavy atom. The third-order valence-corrected chi connectivity index (χ3v) is 4.75. The average Bonchev–Trinajstić information content (AvgIpc) is 2.99. The number of carboxylic acid groups (broad SMARTS) is 1. The lowest BCUT2D eigenvalue weighted by Crippen LogP contribution is -2.26. The second-order valence-electron chi connectivity index (χ2n) is 5.90. The highest BCUT2D eigenvalue weighted by atomic mass is 32.2. The Morgan fingerprint density at radius 2 is 2.25 bits per heavy atom. The van der Waals surface area contributed by atoms with Gasteiger partial charge in [0.05, 0.1) is 26.4 Å². The van der Waals surface area contributed by atoms with Gasteiger partial charge >= 0.3 is 5.97 Å². The molecule has 1 aromatic carbocycles. The summed E-state index contributed by atoms with van der Waals surface area (Å²) in [4.78, 5) is 22.5. The molecule has 0 radical (unpaired) electrons. The number of carboxylic acids is 1. The molecule has 1 aromatic rings. The quantitative estimate of drug-likeness (QED) is 0.352. The molecule has 1 heterocycles. The van der Waals surface area contributed by atoms with Crippen LogP contribution in [0.4, 0.5) is 0 Å². The molecule has 0 aliphatic carbocycles. The molecule has 0 saturated carbocycles.